The normalized spacial score (nSPS) is 19.2. The molecule has 1 aromatic heterocycles. The molecule has 2 saturated heterocycles. The van der Waals surface area contributed by atoms with E-state index in [1.165, 1.54) is 10.5 Å². The van der Waals surface area contributed by atoms with Gasteiger partial charge in [0, 0.05) is 52.4 Å². The summed E-state index contributed by atoms with van der Waals surface area (Å²) in [5, 5.41) is 8.45. The van der Waals surface area contributed by atoms with Crippen LogP contribution in [0.3, 0.4) is 0 Å². The standard InChI is InChI=1S/C11H17ClN4O3S.C7H16N2O2S/c1-8(2)20(18,19)16-5-3-15(4-6-16)9-7-13-14-11(17)10(9)12;1-7(2)12(10,11)9-5-3-8-4-6-9/h7-8H,3-6H2,1-2H3,(H,14,17);7-8H,3-6H2,1-2H3. The molecule has 184 valence electrons. The molecule has 2 aliphatic heterocycles. The van der Waals surface area contributed by atoms with E-state index >= 15 is 0 Å². The van der Waals surface area contributed by atoms with Crippen molar-refractivity contribution in [3.63, 3.8) is 0 Å². The Kier molecular flexibility index (Phi) is 9.49. The van der Waals surface area contributed by atoms with Crippen LogP contribution in [-0.4, -0.2) is 98.5 Å². The number of nitrogens with zero attached hydrogens (tertiary/aromatic N) is 4. The molecule has 2 N–H and O–H groups in total. The lowest BCUT2D eigenvalue weighted by Crippen LogP contribution is -2.50. The molecular weight excluding hydrogens is 480 g/mol. The fraction of sp³-hybridized carbons (Fsp3) is 0.778. The van der Waals surface area contributed by atoms with Crippen LogP contribution >= 0.6 is 11.6 Å². The van der Waals surface area contributed by atoms with Crippen molar-refractivity contribution >= 4 is 37.3 Å². The molecule has 3 heterocycles. The minimum absolute atomic E-state index is 0.0835. The minimum Gasteiger partial charge on any atom is -0.366 e. The Balaban J connectivity index is 0.000000258. The Bertz CT molecular complexity index is 1010. The summed E-state index contributed by atoms with van der Waals surface area (Å²) in [5.74, 6) is 0. The van der Waals surface area contributed by atoms with Gasteiger partial charge < -0.3 is 10.2 Å². The van der Waals surface area contributed by atoms with Gasteiger partial charge in [0.2, 0.25) is 20.0 Å². The second kappa shape index (κ2) is 11.3. The zero-order chi connectivity index (χ0) is 24.1. The number of sulfonamides is 2. The highest BCUT2D eigenvalue weighted by Crippen LogP contribution is 2.23. The summed E-state index contributed by atoms with van der Waals surface area (Å²) in [7, 11) is -6.24. The Morgan fingerprint density at radius 3 is 1.81 bits per heavy atom. The topological polar surface area (TPSA) is 136 Å². The third kappa shape index (κ3) is 6.41. The first-order valence-electron chi connectivity index (χ1n) is 10.6. The monoisotopic (exact) mass is 512 g/mol. The third-order valence-electron chi connectivity index (χ3n) is 5.34. The van der Waals surface area contributed by atoms with Gasteiger partial charge in [-0.1, -0.05) is 11.6 Å². The second-order valence-electron chi connectivity index (χ2n) is 8.12. The van der Waals surface area contributed by atoms with E-state index in [0.29, 0.717) is 45.0 Å². The van der Waals surface area contributed by atoms with Crippen LogP contribution in [0.2, 0.25) is 5.02 Å². The molecule has 0 unspecified atom stereocenters. The van der Waals surface area contributed by atoms with Crippen molar-refractivity contribution in [3.8, 4) is 0 Å². The molecule has 0 radical (unpaired) electrons. The molecule has 0 atom stereocenters. The molecule has 0 saturated carbocycles. The van der Waals surface area contributed by atoms with Crippen LogP contribution in [-0.2, 0) is 20.0 Å². The Morgan fingerprint density at radius 1 is 0.875 bits per heavy atom. The van der Waals surface area contributed by atoms with Gasteiger partial charge in [-0.2, -0.15) is 13.7 Å². The number of hydrogen-bond donors (Lipinski definition) is 2. The summed E-state index contributed by atoms with van der Waals surface area (Å²) in [4.78, 5) is 13.3. The van der Waals surface area contributed by atoms with Gasteiger partial charge in [0.25, 0.3) is 5.56 Å². The largest absolute Gasteiger partial charge is 0.366 e. The number of piperazine rings is 2. The Hall–Kier alpha value is -1.25. The number of rotatable bonds is 5. The van der Waals surface area contributed by atoms with E-state index in [0.717, 1.165) is 13.1 Å². The second-order valence-corrected chi connectivity index (χ2v) is 13.5. The number of hydrogen-bond acceptors (Lipinski definition) is 8. The summed E-state index contributed by atoms with van der Waals surface area (Å²) in [6, 6.07) is 0. The highest BCUT2D eigenvalue weighted by atomic mass is 35.5. The van der Waals surface area contributed by atoms with Gasteiger partial charge >= 0.3 is 0 Å². The maximum absolute atomic E-state index is 12.1. The van der Waals surface area contributed by atoms with Gasteiger partial charge in [-0.15, -0.1) is 0 Å². The van der Waals surface area contributed by atoms with Crippen molar-refractivity contribution in [2.24, 2.45) is 0 Å². The highest BCUT2D eigenvalue weighted by molar-refractivity contribution is 7.89. The molecule has 0 spiro atoms. The first-order valence-corrected chi connectivity index (χ1v) is 13.9. The SMILES string of the molecule is CC(C)S(=O)(=O)N1CCN(c2cn[nH]c(=O)c2Cl)CC1.CC(C)S(=O)(=O)N1CCNCC1. The van der Waals surface area contributed by atoms with Crippen LogP contribution in [0.1, 0.15) is 27.7 Å². The molecular formula is C18H33ClN6O5S2. The van der Waals surface area contributed by atoms with Crippen LogP contribution in [0, 0.1) is 0 Å². The predicted octanol–water partition coefficient (Wildman–Crippen LogP) is -0.0867. The summed E-state index contributed by atoms with van der Waals surface area (Å²) in [5.41, 5.74) is 0.0957. The summed E-state index contributed by atoms with van der Waals surface area (Å²) in [6.07, 6.45) is 1.48. The average molecular weight is 513 g/mol. The Labute approximate surface area is 195 Å². The van der Waals surface area contributed by atoms with Crippen molar-refractivity contribution < 1.29 is 16.8 Å². The molecule has 1 aromatic rings. The van der Waals surface area contributed by atoms with Gasteiger partial charge in [-0.3, -0.25) is 4.79 Å². The van der Waals surface area contributed by atoms with Crippen molar-refractivity contribution in [2.45, 2.75) is 38.2 Å². The molecule has 2 aliphatic rings. The zero-order valence-corrected chi connectivity index (χ0v) is 21.3. The number of H-pyrrole nitrogens is 1. The smallest absolute Gasteiger partial charge is 0.285 e. The highest BCUT2D eigenvalue weighted by Gasteiger charge is 2.30. The van der Waals surface area contributed by atoms with Crippen LogP contribution in [0.25, 0.3) is 0 Å². The van der Waals surface area contributed by atoms with Crippen molar-refractivity contribution in [1.82, 2.24) is 24.1 Å². The summed E-state index contributed by atoms with van der Waals surface area (Å²) < 4.78 is 50.3. The third-order valence-corrected chi connectivity index (χ3v) is 10.3. The van der Waals surface area contributed by atoms with Gasteiger partial charge in [-0.05, 0) is 27.7 Å². The number of aromatic amines is 1. The van der Waals surface area contributed by atoms with E-state index in [-0.39, 0.29) is 10.3 Å². The van der Waals surface area contributed by atoms with E-state index < -0.39 is 30.9 Å². The van der Waals surface area contributed by atoms with Crippen LogP contribution in [0.5, 0.6) is 0 Å². The lowest BCUT2D eigenvalue weighted by Gasteiger charge is -2.36. The van der Waals surface area contributed by atoms with Crippen molar-refractivity contribution in [1.29, 1.82) is 0 Å². The fourth-order valence-electron chi connectivity index (χ4n) is 3.27. The zero-order valence-electron chi connectivity index (χ0n) is 18.9. The maximum atomic E-state index is 12.1. The molecule has 0 amide bonds. The first-order chi connectivity index (χ1) is 14.9. The lowest BCUT2D eigenvalue weighted by molar-refractivity contribution is 0.357. The molecule has 3 rings (SSSR count). The Morgan fingerprint density at radius 2 is 1.34 bits per heavy atom. The molecule has 14 heteroatoms. The van der Waals surface area contributed by atoms with Crippen LogP contribution in [0.15, 0.2) is 11.0 Å². The molecule has 32 heavy (non-hydrogen) atoms. The number of aromatic nitrogens is 2. The number of anilines is 1. The maximum Gasteiger partial charge on any atom is 0.285 e. The van der Waals surface area contributed by atoms with Crippen molar-refractivity contribution in [3.05, 3.63) is 21.6 Å². The predicted molar refractivity (Wildman–Crippen MR) is 126 cm³/mol. The molecule has 0 bridgehead atoms. The average Bonchev–Trinajstić information content (AvgIpc) is 2.76. The first kappa shape index (κ1) is 27.0. The number of halogens is 1. The fourth-order valence-corrected chi connectivity index (χ4v) is 6.04. The van der Waals surface area contributed by atoms with E-state index in [1.54, 1.807) is 32.0 Å². The van der Waals surface area contributed by atoms with E-state index in [4.69, 9.17) is 11.6 Å². The molecule has 2 fully saturated rings. The van der Waals surface area contributed by atoms with E-state index in [9.17, 15) is 21.6 Å². The summed E-state index contributed by atoms with van der Waals surface area (Å²) in [6.45, 7) is 11.3. The quantitative estimate of drug-likeness (QED) is 0.558. The van der Waals surface area contributed by atoms with E-state index in [1.807, 2.05) is 4.90 Å². The van der Waals surface area contributed by atoms with E-state index in [2.05, 4.69) is 15.5 Å². The van der Waals surface area contributed by atoms with Crippen LogP contribution in [0.4, 0.5) is 5.69 Å². The van der Waals surface area contributed by atoms with Gasteiger partial charge in [0.1, 0.15) is 5.02 Å². The molecule has 11 nitrogen and oxygen atoms in total. The van der Waals surface area contributed by atoms with Gasteiger partial charge in [-0.25, -0.2) is 21.9 Å². The summed E-state index contributed by atoms with van der Waals surface area (Å²) >= 11 is 5.95. The minimum atomic E-state index is -3.23. The lowest BCUT2D eigenvalue weighted by atomic mass is 10.3. The molecule has 0 aromatic carbocycles. The van der Waals surface area contributed by atoms with Crippen molar-refractivity contribution in [2.75, 3.05) is 57.3 Å². The van der Waals surface area contributed by atoms with Crippen LogP contribution < -0.4 is 15.8 Å². The number of nitrogens with one attached hydrogen (secondary N) is 2. The van der Waals surface area contributed by atoms with Gasteiger partial charge in [0.05, 0.1) is 22.4 Å². The molecule has 0 aliphatic carbocycles. The van der Waals surface area contributed by atoms with Gasteiger partial charge in [0.15, 0.2) is 0 Å².